The van der Waals surface area contributed by atoms with Gasteiger partial charge in [0, 0.05) is 32.0 Å². The van der Waals surface area contributed by atoms with Gasteiger partial charge in [-0.1, -0.05) is 13.0 Å². The van der Waals surface area contributed by atoms with E-state index in [0.717, 1.165) is 44.0 Å². The monoisotopic (exact) mass is 345 g/mol. The molecule has 1 aromatic rings. The summed E-state index contributed by atoms with van der Waals surface area (Å²) in [6, 6.07) is 6.19. The van der Waals surface area contributed by atoms with Gasteiger partial charge >= 0.3 is 0 Å². The molecule has 1 aromatic carbocycles. The summed E-state index contributed by atoms with van der Waals surface area (Å²) >= 11 is 0. The predicted octanol–water partition coefficient (Wildman–Crippen LogP) is 3.01. The summed E-state index contributed by atoms with van der Waals surface area (Å²) in [4.78, 5) is 14.5. The molecule has 3 aliphatic rings. The Morgan fingerprint density at radius 1 is 1.20 bits per heavy atom. The number of hydrogen-bond donors (Lipinski definition) is 0. The fourth-order valence-electron chi connectivity index (χ4n) is 4.26. The number of nitrogens with zero attached hydrogens (tertiary/aromatic N) is 1. The van der Waals surface area contributed by atoms with Crippen molar-refractivity contribution in [3.63, 3.8) is 0 Å². The first-order valence-corrected chi connectivity index (χ1v) is 9.16. The molecule has 0 bridgehead atoms. The van der Waals surface area contributed by atoms with Crippen LogP contribution in [0.4, 0.5) is 0 Å². The van der Waals surface area contributed by atoms with Crippen LogP contribution in [0.3, 0.4) is 0 Å². The van der Waals surface area contributed by atoms with E-state index in [1.165, 1.54) is 18.4 Å². The van der Waals surface area contributed by atoms with E-state index in [-0.39, 0.29) is 10.8 Å². The SMILES string of the molecule is COCC1(CN2C[C@](C)(Cc3ccc4c(c3)OCO4)CCC2=O)CC1. The Morgan fingerprint density at radius 2 is 2.00 bits per heavy atom. The van der Waals surface area contributed by atoms with E-state index in [1.54, 1.807) is 7.11 Å². The van der Waals surface area contributed by atoms with Crippen molar-refractivity contribution in [3.8, 4) is 11.5 Å². The third-order valence-corrected chi connectivity index (χ3v) is 5.87. The molecule has 1 aliphatic carbocycles. The van der Waals surface area contributed by atoms with E-state index >= 15 is 0 Å². The van der Waals surface area contributed by atoms with Crippen molar-refractivity contribution in [2.24, 2.45) is 10.8 Å². The summed E-state index contributed by atoms with van der Waals surface area (Å²) < 4.78 is 16.3. The molecule has 2 aliphatic heterocycles. The smallest absolute Gasteiger partial charge is 0.231 e. The number of methoxy groups -OCH3 is 1. The zero-order chi connectivity index (χ0) is 17.5. The zero-order valence-electron chi connectivity index (χ0n) is 15.2. The topological polar surface area (TPSA) is 48.0 Å². The third kappa shape index (κ3) is 3.47. The fraction of sp³-hybridized carbons (Fsp3) is 0.650. The quantitative estimate of drug-likeness (QED) is 0.795. The van der Waals surface area contributed by atoms with Gasteiger partial charge in [-0.05, 0) is 48.8 Å². The number of ether oxygens (including phenoxy) is 3. The first-order valence-electron chi connectivity index (χ1n) is 9.16. The van der Waals surface area contributed by atoms with E-state index in [9.17, 15) is 4.79 Å². The minimum Gasteiger partial charge on any atom is -0.454 e. The predicted molar refractivity (Wildman–Crippen MR) is 93.7 cm³/mol. The van der Waals surface area contributed by atoms with Gasteiger partial charge in [0.15, 0.2) is 11.5 Å². The average molecular weight is 345 g/mol. The molecule has 2 fully saturated rings. The van der Waals surface area contributed by atoms with E-state index < -0.39 is 0 Å². The Bertz CT molecular complexity index is 670. The molecule has 5 nitrogen and oxygen atoms in total. The molecule has 0 spiro atoms. The van der Waals surface area contributed by atoms with Gasteiger partial charge in [-0.3, -0.25) is 4.79 Å². The van der Waals surface area contributed by atoms with Gasteiger partial charge in [-0.15, -0.1) is 0 Å². The Balaban J connectivity index is 1.45. The maximum absolute atomic E-state index is 12.4. The molecule has 1 amide bonds. The lowest BCUT2D eigenvalue weighted by Crippen LogP contribution is -2.48. The van der Waals surface area contributed by atoms with Gasteiger partial charge in [0.2, 0.25) is 12.7 Å². The highest BCUT2D eigenvalue weighted by Gasteiger charge is 2.47. The number of benzene rings is 1. The van der Waals surface area contributed by atoms with Gasteiger partial charge in [-0.2, -0.15) is 0 Å². The van der Waals surface area contributed by atoms with Crippen molar-refractivity contribution in [3.05, 3.63) is 23.8 Å². The Labute approximate surface area is 149 Å². The molecule has 25 heavy (non-hydrogen) atoms. The van der Waals surface area contributed by atoms with Crippen LogP contribution in [0.15, 0.2) is 18.2 Å². The normalized spacial score (nSPS) is 26.8. The highest BCUT2D eigenvalue weighted by atomic mass is 16.7. The largest absolute Gasteiger partial charge is 0.454 e. The number of rotatable bonds is 6. The van der Waals surface area contributed by atoms with Crippen LogP contribution in [0.2, 0.25) is 0 Å². The van der Waals surface area contributed by atoms with E-state index in [1.807, 2.05) is 6.07 Å². The number of piperidine rings is 1. The highest BCUT2D eigenvalue weighted by Crippen LogP contribution is 2.48. The van der Waals surface area contributed by atoms with Crippen LogP contribution in [0.1, 0.15) is 38.2 Å². The summed E-state index contributed by atoms with van der Waals surface area (Å²) in [7, 11) is 1.75. The van der Waals surface area contributed by atoms with Crippen LogP contribution < -0.4 is 9.47 Å². The lowest BCUT2D eigenvalue weighted by atomic mass is 9.76. The van der Waals surface area contributed by atoms with Crippen LogP contribution in [0.25, 0.3) is 0 Å². The van der Waals surface area contributed by atoms with Crippen LogP contribution >= 0.6 is 0 Å². The van der Waals surface area contributed by atoms with Crippen LogP contribution in [-0.2, 0) is 16.0 Å². The van der Waals surface area contributed by atoms with Crippen LogP contribution in [-0.4, -0.2) is 44.4 Å². The van der Waals surface area contributed by atoms with Crippen LogP contribution in [0, 0.1) is 10.8 Å². The second-order valence-corrected chi connectivity index (χ2v) is 8.36. The molecule has 1 saturated carbocycles. The minimum atomic E-state index is 0.102. The van der Waals surface area contributed by atoms with Crippen molar-refractivity contribution in [2.75, 3.05) is 33.6 Å². The maximum atomic E-state index is 12.4. The Kier molecular flexibility index (Phi) is 4.14. The Morgan fingerprint density at radius 3 is 2.76 bits per heavy atom. The van der Waals surface area contributed by atoms with E-state index in [4.69, 9.17) is 14.2 Å². The number of fused-ring (bicyclic) bond motifs is 1. The molecular weight excluding hydrogens is 318 g/mol. The maximum Gasteiger partial charge on any atom is 0.231 e. The van der Waals surface area contributed by atoms with E-state index in [0.29, 0.717) is 19.1 Å². The number of carbonyl (C=O) groups is 1. The first kappa shape index (κ1) is 16.7. The first-order chi connectivity index (χ1) is 12.0. The van der Waals surface area contributed by atoms with Gasteiger partial charge in [0.1, 0.15) is 0 Å². The standard InChI is InChI=1S/C20H27NO4/c1-19(10-15-3-4-16-17(9-15)25-14-24-16)6-5-18(22)21(11-19)12-20(7-8-20)13-23-2/h3-4,9H,5-8,10-14H2,1-2H3/t19-/m0/s1. The van der Waals surface area contributed by atoms with Crippen molar-refractivity contribution >= 4 is 5.91 Å². The molecule has 1 atom stereocenters. The molecule has 136 valence electrons. The van der Waals surface area contributed by atoms with Crippen molar-refractivity contribution in [2.45, 2.75) is 39.0 Å². The molecule has 1 saturated heterocycles. The lowest BCUT2D eigenvalue weighted by Gasteiger charge is -2.42. The van der Waals surface area contributed by atoms with Gasteiger partial charge in [0.05, 0.1) is 6.61 Å². The summed E-state index contributed by atoms with van der Waals surface area (Å²) in [6.07, 6.45) is 4.87. The molecule has 0 radical (unpaired) electrons. The summed E-state index contributed by atoms with van der Waals surface area (Å²) in [5.41, 5.74) is 1.56. The molecular formula is C20H27NO4. The van der Waals surface area contributed by atoms with Crippen molar-refractivity contribution in [1.82, 2.24) is 4.90 Å². The molecule has 0 aromatic heterocycles. The van der Waals surface area contributed by atoms with Crippen molar-refractivity contribution in [1.29, 1.82) is 0 Å². The third-order valence-electron chi connectivity index (χ3n) is 5.87. The number of carbonyl (C=O) groups excluding carboxylic acids is 1. The summed E-state index contributed by atoms with van der Waals surface area (Å²) in [5, 5.41) is 0. The van der Waals surface area contributed by atoms with Gasteiger partial charge in [-0.25, -0.2) is 0 Å². The van der Waals surface area contributed by atoms with Gasteiger partial charge in [0.25, 0.3) is 0 Å². The lowest BCUT2D eigenvalue weighted by molar-refractivity contribution is -0.138. The number of amides is 1. The summed E-state index contributed by atoms with van der Waals surface area (Å²) in [5.74, 6) is 1.96. The van der Waals surface area contributed by atoms with E-state index in [2.05, 4.69) is 24.0 Å². The Hall–Kier alpha value is -1.75. The average Bonchev–Trinajstić information content (AvgIpc) is 3.16. The molecule has 2 heterocycles. The number of hydrogen-bond acceptors (Lipinski definition) is 4. The van der Waals surface area contributed by atoms with Gasteiger partial charge < -0.3 is 19.1 Å². The molecule has 5 heteroatoms. The van der Waals surface area contributed by atoms with Crippen LogP contribution in [0.5, 0.6) is 11.5 Å². The number of likely N-dealkylation sites (tertiary alicyclic amines) is 1. The molecule has 0 unspecified atom stereocenters. The molecule has 0 N–H and O–H groups in total. The van der Waals surface area contributed by atoms with Crippen molar-refractivity contribution < 1.29 is 19.0 Å². The second kappa shape index (κ2) is 6.20. The summed E-state index contributed by atoms with van der Waals surface area (Å²) in [6.45, 7) is 5.03. The second-order valence-electron chi connectivity index (χ2n) is 8.36. The zero-order valence-corrected chi connectivity index (χ0v) is 15.2. The molecule has 4 rings (SSSR count). The minimum absolute atomic E-state index is 0.102. The highest BCUT2D eigenvalue weighted by molar-refractivity contribution is 5.77. The fourth-order valence-corrected chi connectivity index (χ4v) is 4.26.